The van der Waals surface area contributed by atoms with Gasteiger partial charge in [0.05, 0.1) is 17.6 Å². The molecule has 1 fully saturated rings. The monoisotopic (exact) mass is 420 g/mol. The topological polar surface area (TPSA) is 63.0 Å². The molecule has 6 nitrogen and oxygen atoms in total. The van der Waals surface area contributed by atoms with E-state index < -0.39 is 0 Å². The third kappa shape index (κ3) is 5.14. The zero-order valence-corrected chi connectivity index (χ0v) is 17.9. The van der Waals surface area contributed by atoms with E-state index in [1.807, 2.05) is 41.3 Å². The zero-order chi connectivity index (χ0) is 21.6. The number of hydrogen-bond donors (Lipinski definition) is 0. The van der Waals surface area contributed by atoms with Gasteiger partial charge in [-0.25, -0.2) is 0 Å². The molecule has 1 saturated heterocycles. The van der Waals surface area contributed by atoms with E-state index in [9.17, 15) is 9.59 Å². The van der Waals surface area contributed by atoms with Crippen LogP contribution in [0.15, 0.2) is 64.0 Å². The SMILES string of the molecule is CC(=O)N1CCN(CCCCOc2ccc3c(=O)c(-c4ccccc4)coc3c2)CC1. The molecule has 1 amide bonds. The molecular weight excluding hydrogens is 392 g/mol. The van der Waals surface area contributed by atoms with E-state index in [1.54, 1.807) is 19.1 Å². The van der Waals surface area contributed by atoms with Gasteiger partial charge in [-0.05, 0) is 37.1 Å². The Kier molecular flexibility index (Phi) is 6.67. The molecule has 0 bridgehead atoms. The number of rotatable bonds is 7. The fourth-order valence-electron chi connectivity index (χ4n) is 3.93. The van der Waals surface area contributed by atoms with Crippen molar-refractivity contribution in [2.45, 2.75) is 19.8 Å². The van der Waals surface area contributed by atoms with Crippen molar-refractivity contribution in [3.8, 4) is 16.9 Å². The lowest BCUT2D eigenvalue weighted by Gasteiger charge is -2.34. The number of amides is 1. The molecule has 0 unspecified atom stereocenters. The van der Waals surface area contributed by atoms with Crippen LogP contribution in [-0.2, 0) is 4.79 Å². The molecule has 0 radical (unpaired) electrons. The predicted molar refractivity (Wildman–Crippen MR) is 121 cm³/mol. The van der Waals surface area contributed by atoms with Crippen LogP contribution in [0.2, 0.25) is 0 Å². The average Bonchev–Trinajstić information content (AvgIpc) is 2.80. The third-order valence-corrected chi connectivity index (χ3v) is 5.79. The summed E-state index contributed by atoms with van der Waals surface area (Å²) < 4.78 is 11.6. The highest BCUT2D eigenvalue weighted by Gasteiger charge is 2.17. The first-order valence-electron chi connectivity index (χ1n) is 10.8. The van der Waals surface area contributed by atoms with E-state index in [1.165, 1.54) is 6.26 Å². The van der Waals surface area contributed by atoms with E-state index >= 15 is 0 Å². The van der Waals surface area contributed by atoms with Crippen molar-refractivity contribution < 1.29 is 13.9 Å². The molecule has 1 aliphatic heterocycles. The van der Waals surface area contributed by atoms with Gasteiger partial charge in [-0.15, -0.1) is 0 Å². The fraction of sp³-hybridized carbons (Fsp3) is 0.360. The lowest BCUT2D eigenvalue weighted by molar-refractivity contribution is -0.130. The summed E-state index contributed by atoms with van der Waals surface area (Å²) in [5.74, 6) is 0.869. The number of benzene rings is 2. The molecule has 1 aromatic heterocycles. The van der Waals surface area contributed by atoms with Crippen molar-refractivity contribution in [1.29, 1.82) is 0 Å². The highest BCUT2D eigenvalue weighted by molar-refractivity contribution is 5.82. The Balaban J connectivity index is 1.28. The molecule has 0 N–H and O–H groups in total. The molecular formula is C25H28N2O4. The van der Waals surface area contributed by atoms with Crippen LogP contribution in [0.4, 0.5) is 0 Å². The predicted octanol–water partition coefficient (Wildman–Crippen LogP) is 3.78. The van der Waals surface area contributed by atoms with Crippen LogP contribution < -0.4 is 10.2 Å². The largest absolute Gasteiger partial charge is 0.493 e. The van der Waals surface area contributed by atoms with E-state index in [0.29, 0.717) is 28.9 Å². The Labute approximate surface area is 182 Å². The van der Waals surface area contributed by atoms with Gasteiger partial charge >= 0.3 is 0 Å². The minimum atomic E-state index is -0.0381. The van der Waals surface area contributed by atoms with Crippen LogP contribution in [0.25, 0.3) is 22.1 Å². The molecule has 2 aromatic carbocycles. The maximum absolute atomic E-state index is 12.8. The van der Waals surface area contributed by atoms with Crippen molar-refractivity contribution in [3.05, 3.63) is 65.0 Å². The highest BCUT2D eigenvalue weighted by Crippen LogP contribution is 2.23. The normalized spacial score (nSPS) is 14.7. The third-order valence-electron chi connectivity index (χ3n) is 5.79. The standard InChI is InChI=1S/C25H28N2O4/c1-19(28)27-14-12-26(13-15-27)11-5-6-16-30-21-9-10-22-24(17-21)31-18-23(25(22)29)20-7-3-2-4-8-20/h2-4,7-10,17-18H,5-6,11-16H2,1H3. The summed E-state index contributed by atoms with van der Waals surface area (Å²) in [7, 11) is 0. The van der Waals surface area contributed by atoms with E-state index in [-0.39, 0.29) is 11.3 Å². The summed E-state index contributed by atoms with van der Waals surface area (Å²) in [4.78, 5) is 28.5. The Morgan fingerprint density at radius 1 is 1.03 bits per heavy atom. The van der Waals surface area contributed by atoms with Crippen LogP contribution in [-0.4, -0.2) is 55.0 Å². The Morgan fingerprint density at radius 3 is 2.55 bits per heavy atom. The fourth-order valence-corrected chi connectivity index (χ4v) is 3.93. The first-order chi connectivity index (χ1) is 15.1. The number of piperazine rings is 1. The van der Waals surface area contributed by atoms with E-state index in [2.05, 4.69) is 4.90 Å². The summed E-state index contributed by atoms with van der Waals surface area (Å²) in [5, 5.41) is 0.554. The van der Waals surface area contributed by atoms with Gasteiger partial charge in [-0.1, -0.05) is 30.3 Å². The quantitative estimate of drug-likeness (QED) is 0.545. The number of ether oxygens (including phenoxy) is 1. The van der Waals surface area contributed by atoms with Crippen molar-refractivity contribution in [2.75, 3.05) is 39.3 Å². The van der Waals surface area contributed by atoms with Gasteiger partial charge in [0.25, 0.3) is 0 Å². The molecule has 162 valence electrons. The average molecular weight is 421 g/mol. The van der Waals surface area contributed by atoms with Gasteiger partial charge in [-0.3, -0.25) is 14.5 Å². The first kappa shape index (κ1) is 21.1. The summed E-state index contributed by atoms with van der Waals surface area (Å²) in [6.45, 7) is 6.78. The van der Waals surface area contributed by atoms with Gasteiger partial charge in [-0.2, -0.15) is 0 Å². The number of fused-ring (bicyclic) bond motifs is 1. The van der Waals surface area contributed by atoms with Crippen molar-refractivity contribution >= 4 is 16.9 Å². The Morgan fingerprint density at radius 2 is 1.81 bits per heavy atom. The minimum Gasteiger partial charge on any atom is -0.493 e. The van der Waals surface area contributed by atoms with Crippen molar-refractivity contribution in [1.82, 2.24) is 9.80 Å². The van der Waals surface area contributed by atoms with E-state index in [0.717, 1.165) is 51.1 Å². The maximum Gasteiger partial charge on any atom is 0.219 e. The second-order valence-electron chi connectivity index (χ2n) is 7.91. The number of carbonyl (C=O) groups excluding carboxylic acids is 1. The maximum atomic E-state index is 12.8. The number of carbonyl (C=O) groups is 1. The first-order valence-corrected chi connectivity index (χ1v) is 10.8. The molecule has 4 rings (SSSR count). The smallest absolute Gasteiger partial charge is 0.219 e. The summed E-state index contributed by atoms with van der Waals surface area (Å²) in [5.41, 5.74) is 1.90. The molecule has 1 aliphatic rings. The molecule has 0 spiro atoms. The Hall–Kier alpha value is -3.12. The highest BCUT2D eigenvalue weighted by atomic mass is 16.5. The molecule has 3 aromatic rings. The molecule has 0 atom stereocenters. The number of nitrogens with zero attached hydrogens (tertiary/aromatic N) is 2. The zero-order valence-electron chi connectivity index (χ0n) is 17.9. The van der Waals surface area contributed by atoms with Crippen LogP contribution in [0.1, 0.15) is 19.8 Å². The summed E-state index contributed by atoms with van der Waals surface area (Å²) in [6.07, 6.45) is 3.51. The van der Waals surface area contributed by atoms with Crippen molar-refractivity contribution in [3.63, 3.8) is 0 Å². The van der Waals surface area contributed by atoms with Crippen LogP contribution in [0.3, 0.4) is 0 Å². The van der Waals surface area contributed by atoms with Gasteiger partial charge in [0.1, 0.15) is 17.6 Å². The van der Waals surface area contributed by atoms with Gasteiger partial charge < -0.3 is 14.1 Å². The van der Waals surface area contributed by atoms with Gasteiger partial charge in [0.15, 0.2) is 5.43 Å². The van der Waals surface area contributed by atoms with Gasteiger partial charge in [0.2, 0.25) is 5.91 Å². The summed E-state index contributed by atoms with van der Waals surface area (Å²) in [6, 6.07) is 14.9. The van der Waals surface area contributed by atoms with Crippen LogP contribution in [0, 0.1) is 0 Å². The van der Waals surface area contributed by atoms with Crippen molar-refractivity contribution in [2.24, 2.45) is 0 Å². The minimum absolute atomic E-state index is 0.0381. The lowest BCUT2D eigenvalue weighted by Crippen LogP contribution is -2.48. The van der Waals surface area contributed by atoms with Crippen LogP contribution >= 0.6 is 0 Å². The van der Waals surface area contributed by atoms with Crippen LogP contribution in [0.5, 0.6) is 5.75 Å². The molecule has 0 aliphatic carbocycles. The summed E-state index contributed by atoms with van der Waals surface area (Å²) >= 11 is 0. The lowest BCUT2D eigenvalue weighted by atomic mass is 10.1. The Bertz CT molecular complexity index is 1090. The second-order valence-corrected chi connectivity index (χ2v) is 7.91. The second kappa shape index (κ2) is 9.79. The van der Waals surface area contributed by atoms with E-state index in [4.69, 9.17) is 9.15 Å². The molecule has 6 heteroatoms. The molecule has 0 saturated carbocycles. The number of hydrogen-bond acceptors (Lipinski definition) is 5. The van der Waals surface area contributed by atoms with Gasteiger partial charge in [0, 0.05) is 39.2 Å². The number of unbranched alkanes of at least 4 members (excludes halogenated alkanes) is 1. The molecule has 2 heterocycles. The molecule has 31 heavy (non-hydrogen) atoms.